The molecule has 12 heteroatoms. The summed E-state index contributed by atoms with van der Waals surface area (Å²) in [6, 6.07) is 5.50. The molecule has 1 atom stereocenters. The molecule has 1 aliphatic rings. The van der Waals surface area contributed by atoms with Crippen LogP contribution in [-0.2, 0) is 16.6 Å². The average molecular weight is 548 g/mol. The number of likely N-dealkylation sites (N-methyl/N-ethyl adjacent to an activating group) is 1. The molecule has 4 heterocycles. The summed E-state index contributed by atoms with van der Waals surface area (Å²) in [7, 11) is 5.56. The molecule has 0 aliphatic carbocycles. The van der Waals surface area contributed by atoms with Crippen molar-refractivity contribution >= 4 is 34.1 Å². The van der Waals surface area contributed by atoms with Crippen LogP contribution in [0.3, 0.4) is 0 Å². The second-order valence-electron chi connectivity index (χ2n) is 10.0. The number of para-hydroxylation sites is 1. The summed E-state index contributed by atoms with van der Waals surface area (Å²) in [6.07, 6.45) is 5.53. The van der Waals surface area contributed by atoms with E-state index in [0.717, 1.165) is 53.9 Å². The van der Waals surface area contributed by atoms with Crippen molar-refractivity contribution in [3.8, 4) is 17.1 Å². The molecule has 1 fully saturated rings. The fraction of sp³-hybridized carbons (Fsp3) is 0.429. The number of anilines is 3. The number of nitrogens with one attached hydrogen (secondary N) is 3. The number of aryl methyl sites for hydroxylation is 2. The molecule has 0 bridgehead atoms. The van der Waals surface area contributed by atoms with E-state index in [0.29, 0.717) is 36.4 Å². The summed E-state index contributed by atoms with van der Waals surface area (Å²) in [4.78, 5) is 30.6. The van der Waals surface area contributed by atoms with E-state index in [1.807, 2.05) is 51.5 Å². The van der Waals surface area contributed by atoms with Crippen molar-refractivity contribution in [2.45, 2.75) is 19.9 Å². The van der Waals surface area contributed by atoms with Gasteiger partial charge in [-0.25, -0.2) is 9.97 Å². The topological polar surface area (TPSA) is 125 Å². The van der Waals surface area contributed by atoms with E-state index in [9.17, 15) is 4.79 Å². The molecular formula is C28H37N9O3. The Bertz CT molecular complexity index is 1470. The number of piperazine rings is 1. The number of hydrogen-bond donors (Lipinski definition) is 3. The Morgan fingerprint density at radius 2 is 1.98 bits per heavy atom. The number of amides is 1. The molecule has 4 aromatic rings. The third-order valence-electron chi connectivity index (χ3n) is 7.13. The first-order valence-electron chi connectivity index (χ1n) is 13.5. The van der Waals surface area contributed by atoms with Crippen molar-refractivity contribution in [1.29, 1.82) is 0 Å². The van der Waals surface area contributed by atoms with Crippen molar-refractivity contribution in [2.24, 2.45) is 7.05 Å². The number of H-pyrrole nitrogens is 1. The molecule has 12 nitrogen and oxygen atoms in total. The van der Waals surface area contributed by atoms with E-state index in [1.165, 1.54) is 0 Å². The molecule has 5 rings (SSSR count). The van der Waals surface area contributed by atoms with Crippen LogP contribution in [0.2, 0.25) is 0 Å². The minimum absolute atomic E-state index is 0.0821. The van der Waals surface area contributed by atoms with Crippen LogP contribution in [0.25, 0.3) is 22.2 Å². The first-order valence-corrected chi connectivity index (χ1v) is 13.5. The molecule has 212 valence electrons. The minimum Gasteiger partial charge on any atom is -0.475 e. The van der Waals surface area contributed by atoms with Crippen molar-refractivity contribution in [2.75, 3.05) is 64.2 Å². The second-order valence-corrected chi connectivity index (χ2v) is 10.0. The molecule has 1 saturated heterocycles. The molecule has 40 heavy (non-hydrogen) atoms. The van der Waals surface area contributed by atoms with Gasteiger partial charge >= 0.3 is 0 Å². The number of aromatic nitrogens is 5. The van der Waals surface area contributed by atoms with Crippen LogP contribution in [0.4, 0.5) is 17.3 Å². The van der Waals surface area contributed by atoms with Gasteiger partial charge in [0.15, 0.2) is 0 Å². The van der Waals surface area contributed by atoms with Gasteiger partial charge < -0.3 is 30.0 Å². The number of rotatable bonds is 10. The number of ether oxygens (including phenoxy) is 2. The predicted octanol–water partition coefficient (Wildman–Crippen LogP) is 3.01. The Kier molecular flexibility index (Phi) is 8.29. The third kappa shape index (κ3) is 5.79. The summed E-state index contributed by atoms with van der Waals surface area (Å²) in [5.74, 6) is 0.843. The van der Waals surface area contributed by atoms with E-state index in [4.69, 9.17) is 14.5 Å². The maximum Gasteiger partial charge on any atom is 0.256 e. The second kappa shape index (κ2) is 12.0. The maximum atomic E-state index is 13.4. The maximum absolute atomic E-state index is 13.4. The van der Waals surface area contributed by atoms with E-state index in [2.05, 4.69) is 42.5 Å². The summed E-state index contributed by atoms with van der Waals surface area (Å²) >= 11 is 0. The van der Waals surface area contributed by atoms with Gasteiger partial charge in [0.2, 0.25) is 11.9 Å². The van der Waals surface area contributed by atoms with E-state index in [-0.39, 0.29) is 11.9 Å². The number of carbonyl (C=O) groups is 1. The predicted molar refractivity (Wildman–Crippen MR) is 155 cm³/mol. The fourth-order valence-corrected chi connectivity index (χ4v) is 5.00. The Hall–Kier alpha value is -4.00. The molecule has 1 aliphatic heterocycles. The molecule has 0 spiro atoms. The Morgan fingerprint density at radius 3 is 2.73 bits per heavy atom. The largest absolute Gasteiger partial charge is 0.475 e. The number of fused-ring (bicyclic) bond motifs is 1. The summed E-state index contributed by atoms with van der Waals surface area (Å²) in [5.41, 5.74) is 4.85. The van der Waals surface area contributed by atoms with Gasteiger partial charge in [-0.2, -0.15) is 0 Å². The van der Waals surface area contributed by atoms with E-state index < -0.39 is 0 Å². The van der Waals surface area contributed by atoms with Crippen molar-refractivity contribution in [1.82, 2.24) is 34.5 Å². The van der Waals surface area contributed by atoms with E-state index >= 15 is 0 Å². The molecule has 1 aromatic carbocycles. The van der Waals surface area contributed by atoms with Crippen molar-refractivity contribution in [3.05, 3.63) is 42.4 Å². The lowest BCUT2D eigenvalue weighted by Gasteiger charge is -2.36. The highest BCUT2D eigenvalue weighted by molar-refractivity contribution is 6.06. The number of carbonyl (C=O) groups excluding carboxylic acids is 1. The zero-order valence-electron chi connectivity index (χ0n) is 23.7. The number of benzene rings is 1. The lowest BCUT2D eigenvalue weighted by molar-refractivity contribution is -0.124. The molecule has 3 N–H and O–H groups in total. The van der Waals surface area contributed by atoms with Crippen LogP contribution >= 0.6 is 0 Å². The minimum atomic E-state index is -0.366. The Balaban J connectivity index is 1.41. The summed E-state index contributed by atoms with van der Waals surface area (Å²) in [6.45, 7) is 8.21. The number of hydrogen-bond acceptors (Lipinski definition) is 9. The van der Waals surface area contributed by atoms with Gasteiger partial charge in [0.05, 0.1) is 36.3 Å². The molecule has 1 amide bonds. The summed E-state index contributed by atoms with van der Waals surface area (Å²) < 4.78 is 12.7. The van der Waals surface area contributed by atoms with Crippen LogP contribution in [0.1, 0.15) is 12.5 Å². The number of nitrogens with zero attached hydrogens (tertiary/aromatic N) is 6. The van der Waals surface area contributed by atoms with Gasteiger partial charge in [-0.15, -0.1) is 5.10 Å². The van der Waals surface area contributed by atoms with E-state index in [1.54, 1.807) is 18.0 Å². The average Bonchev–Trinajstić information content (AvgIpc) is 3.52. The summed E-state index contributed by atoms with van der Waals surface area (Å²) in [5, 5.41) is 11.7. The number of aromatic amines is 1. The van der Waals surface area contributed by atoms with Crippen LogP contribution in [-0.4, -0.2) is 100 Å². The third-order valence-corrected chi connectivity index (χ3v) is 7.13. The van der Waals surface area contributed by atoms with Crippen molar-refractivity contribution < 1.29 is 14.3 Å². The van der Waals surface area contributed by atoms with Crippen LogP contribution in [0, 0.1) is 6.92 Å². The first kappa shape index (κ1) is 27.6. The van der Waals surface area contributed by atoms with Gasteiger partial charge in [0.1, 0.15) is 11.7 Å². The quantitative estimate of drug-likeness (QED) is 0.275. The Labute approximate surface area is 233 Å². The molecule has 1 unspecified atom stereocenters. The Morgan fingerprint density at radius 1 is 1.18 bits per heavy atom. The fourth-order valence-electron chi connectivity index (χ4n) is 5.00. The number of methoxy groups -OCH3 is 1. The SMILES string of the molecule is CCOc1nn(C)cc1Nc1ncc(C)c(-c2c[nH]c3c(NC(=O)C(COC)N4CCN(C)CC4)cccc23)n1. The monoisotopic (exact) mass is 547 g/mol. The van der Waals surface area contributed by atoms with Gasteiger partial charge in [-0.1, -0.05) is 12.1 Å². The molecule has 0 radical (unpaired) electrons. The first-order chi connectivity index (χ1) is 19.4. The highest BCUT2D eigenvalue weighted by atomic mass is 16.5. The lowest BCUT2D eigenvalue weighted by Crippen LogP contribution is -2.54. The van der Waals surface area contributed by atoms with Gasteiger partial charge in [-0.3, -0.25) is 14.4 Å². The molecular weight excluding hydrogens is 510 g/mol. The van der Waals surface area contributed by atoms with Crippen LogP contribution < -0.4 is 15.4 Å². The van der Waals surface area contributed by atoms with Gasteiger partial charge in [0, 0.05) is 63.7 Å². The molecule has 3 aromatic heterocycles. The smallest absolute Gasteiger partial charge is 0.256 e. The lowest BCUT2D eigenvalue weighted by atomic mass is 10.1. The van der Waals surface area contributed by atoms with Crippen molar-refractivity contribution in [3.63, 3.8) is 0 Å². The highest BCUT2D eigenvalue weighted by Crippen LogP contribution is 2.34. The van der Waals surface area contributed by atoms with Crippen LogP contribution in [0.15, 0.2) is 36.8 Å². The zero-order chi connectivity index (χ0) is 28.2. The van der Waals surface area contributed by atoms with Gasteiger partial charge in [0.25, 0.3) is 5.88 Å². The van der Waals surface area contributed by atoms with Gasteiger partial charge in [-0.05, 0) is 32.5 Å². The molecule has 0 saturated carbocycles. The normalized spacial score (nSPS) is 15.3. The standard InChI is InChI=1S/C28H37N9O3/c1-6-40-27-22(16-36(4)34-27)32-28-30-14-18(2)24(33-28)20-15-29-25-19(20)8-7-9-21(25)31-26(38)23(17-39-5)37-12-10-35(3)11-13-37/h7-9,14-16,23,29H,6,10-13,17H2,1-5H3,(H,31,38)(H,30,32,33). The zero-order valence-corrected chi connectivity index (χ0v) is 23.7. The van der Waals surface area contributed by atoms with Crippen LogP contribution in [0.5, 0.6) is 5.88 Å². The highest BCUT2D eigenvalue weighted by Gasteiger charge is 2.29.